The molecule has 0 radical (unpaired) electrons. The number of thioether (sulfide) groups is 1. The topological polar surface area (TPSA) is 49.8 Å². The van der Waals surface area contributed by atoms with Crippen molar-refractivity contribution in [2.45, 2.75) is 11.8 Å². The van der Waals surface area contributed by atoms with Crippen molar-refractivity contribution in [2.24, 2.45) is 5.92 Å². The quantitative estimate of drug-likeness (QED) is 0.805. The van der Waals surface area contributed by atoms with E-state index >= 15 is 0 Å². The van der Waals surface area contributed by atoms with Gasteiger partial charge in [0.25, 0.3) is 0 Å². The molecule has 0 aromatic heterocycles. The van der Waals surface area contributed by atoms with Crippen molar-refractivity contribution in [3.63, 3.8) is 0 Å². The third-order valence-electron chi connectivity index (χ3n) is 3.07. The van der Waals surface area contributed by atoms with E-state index in [1.54, 1.807) is 4.90 Å². The number of ether oxygens (including phenoxy) is 1. The summed E-state index contributed by atoms with van der Waals surface area (Å²) >= 11 is 1.53. The Morgan fingerprint density at radius 2 is 2.11 bits per heavy atom. The molecule has 4 nitrogen and oxygen atoms in total. The van der Waals surface area contributed by atoms with Crippen LogP contribution in [0.4, 0.5) is 0 Å². The smallest absolute Gasteiger partial charge is 0.232 e. The Morgan fingerprint density at radius 3 is 2.68 bits per heavy atom. The molecule has 1 aromatic carbocycles. The lowest BCUT2D eigenvalue weighted by molar-refractivity contribution is -0.135. The molecule has 0 bridgehead atoms. The lowest BCUT2D eigenvalue weighted by Gasteiger charge is -2.38. The van der Waals surface area contributed by atoms with Crippen molar-refractivity contribution in [3.05, 3.63) is 24.3 Å². The van der Waals surface area contributed by atoms with E-state index in [1.165, 1.54) is 11.8 Å². The van der Waals surface area contributed by atoms with Crippen LogP contribution in [0, 0.1) is 5.92 Å². The molecule has 1 aromatic rings. The van der Waals surface area contributed by atoms with Crippen LogP contribution in [0.5, 0.6) is 5.75 Å². The SMILES string of the molecule is CCOc1ccc(SCC(=O)N2CC(CO)C2)cc1. The molecule has 1 aliphatic heterocycles. The van der Waals surface area contributed by atoms with E-state index < -0.39 is 0 Å². The summed E-state index contributed by atoms with van der Waals surface area (Å²) in [4.78, 5) is 14.7. The summed E-state index contributed by atoms with van der Waals surface area (Å²) in [5.74, 6) is 1.72. The zero-order chi connectivity index (χ0) is 13.7. The molecule has 1 N–H and O–H groups in total. The predicted octanol–water partition coefficient (Wildman–Crippen LogP) is 1.63. The number of nitrogens with zero attached hydrogens (tertiary/aromatic N) is 1. The van der Waals surface area contributed by atoms with Gasteiger partial charge in [-0.2, -0.15) is 0 Å². The highest BCUT2D eigenvalue weighted by Gasteiger charge is 2.29. The molecule has 5 heteroatoms. The molecular weight excluding hydrogens is 262 g/mol. The fourth-order valence-corrected chi connectivity index (χ4v) is 2.73. The number of hydrogen-bond acceptors (Lipinski definition) is 4. The molecule has 104 valence electrons. The number of carbonyl (C=O) groups excluding carboxylic acids is 1. The van der Waals surface area contributed by atoms with Gasteiger partial charge >= 0.3 is 0 Å². The minimum atomic E-state index is 0.142. The predicted molar refractivity (Wildman–Crippen MR) is 75.5 cm³/mol. The van der Waals surface area contributed by atoms with Crippen LogP contribution in [-0.4, -0.2) is 48.0 Å². The fraction of sp³-hybridized carbons (Fsp3) is 0.500. The molecule has 0 atom stereocenters. The summed E-state index contributed by atoms with van der Waals surface area (Å²) in [6.07, 6.45) is 0. The molecule has 1 saturated heterocycles. The minimum Gasteiger partial charge on any atom is -0.494 e. The summed E-state index contributed by atoms with van der Waals surface area (Å²) < 4.78 is 5.37. The minimum absolute atomic E-state index is 0.142. The Labute approximate surface area is 117 Å². The van der Waals surface area contributed by atoms with Gasteiger partial charge in [0.05, 0.1) is 12.4 Å². The van der Waals surface area contributed by atoms with Crippen LogP contribution in [0.15, 0.2) is 29.2 Å². The van der Waals surface area contributed by atoms with Gasteiger partial charge in [-0.1, -0.05) is 0 Å². The van der Waals surface area contributed by atoms with Crippen LogP contribution in [-0.2, 0) is 4.79 Å². The molecule has 1 fully saturated rings. The average molecular weight is 281 g/mol. The normalized spacial score (nSPS) is 15.2. The first kappa shape index (κ1) is 14.2. The van der Waals surface area contributed by atoms with Crippen molar-refractivity contribution >= 4 is 17.7 Å². The van der Waals surface area contributed by atoms with E-state index in [4.69, 9.17) is 9.84 Å². The summed E-state index contributed by atoms with van der Waals surface area (Å²) in [7, 11) is 0. The lowest BCUT2D eigenvalue weighted by Crippen LogP contribution is -2.51. The monoisotopic (exact) mass is 281 g/mol. The van der Waals surface area contributed by atoms with Gasteiger partial charge in [-0.15, -0.1) is 11.8 Å². The molecule has 0 unspecified atom stereocenters. The van der Waals surface area contributed by atoms with Gasteiger partial charge in [0.15, 0.2) is 0 Å². The highest BCUT2D eigenvalue weighted by molar-refractivity contribution is 8.00. The Hall–Kier alpha value is -1.20. The van der Waals surface area contributed by atoms with E-state index in [2.05, 4.69) is 0 Å². The summed E-state index contributed by atoms with van der Waals surface area (Å²) in [6.45, 7) is 4.17. The second-order valence-corrected chi connectivity index (χ2v) is 5.59. The average Bonchev–Trinajstić information content (AvgIpc) is 2.37. The highest BCUT2D eigenvalue weighted by Crippen LogP contribution is 2.23. The fourth-order valence-electron chi connectivity index (χ4n) is 1.92. The van der Waals surface area contributed by atoms with Gasteiger partial charge in [-0.25, -0.2) is 0 Å². The zero-order valence-electron chi connectivity index (χ0n) is 11.0. The molecule has 19 heavy (non-hydrogen) atoms. The van der Waals surface area contributed by atoms with Gasteiger partial charge in [0.2, 0.25) is 5.91 Å². The molecular formula is C14H19NO3S. The number of carbonyl (C=O) groups is 1. The summed E-state index contributed by atoms with van der Waals surface area (Å²) in [5, 5.41) is 8.91. The molecule has 2 rings (SSSR count). The van der Waals surface area contributed by atoms with E-state index in [0.29, 0.717) is 25.4 Å². The first-order valence-electron chi connectivity index (χ1n) is 6.47. The number of benzene rings is 1. The van der Waals surface area contributed by atoms with Crippen molar-refractivity contribution in [1.29, 1.82) is 0 Å². The number of likely N-dealkylation sites (tertiary alicyclic amines) is 1. The first-order valence-corrected chi connectivity index (χ1v) is 7.45. The maximum Gasteiger partial charge on any atom is 0.232 e. The molecule has 0 spiro atoms. The van der Waals surface area contributed by atoms with E-state index in [0.717, 1.165) is 10.6 Å². The summed E-state index contributed by atoms with van der Waals surface area (Å²) in [5.41, 5.74) is 0. The highest BCUT2D eigenvalue weighted by atomic mass is 32.2. The third-order valence-corrected chi connectivity index (χ3v) is 4.06. The number of rotatable bonds is 6. The standard InChI is InChI=1S/C14H19NO3S/c1-2-18-12-3-5-13(6-4-12)19-10-14(17)15-7-11(8-15)9-16/h3-6,11,16H,2,7-10H2,1H3. The Bertz CT molecular complexity index is 415. The van der Waals surface area contributed by atoms with Gasteiger partial charge in [-0.05, 0) is 31.2 Å². The molecule has 1 heterocycles. The van der Waals surface area contributed by atoms with Crippen LogP contribution in [0.2, 0.25) is 0 Å². The zero-order valence-corrected chi connectivity index (χ0v) is 11.9. The van der Waals surface area contributed by atoms with E-state index in [1.807, 2.05) is 31.2 Å². The van der Waals surface area contributed by atoms with Crippen molar-refractivity contribution in [3.8, 4) is 5.75 Å². The largest absolute Gasteiger partial charge is 0.494 e. The number of hydrogen-bond donors (Lipinski definition) is 1. The second-order valence-electron chi connectivity index (χ2n) is 4.54. The maximum atomic E-state index is 11.8. The Morgan fingerprint density at radius 1 is 1.42 bits per heavy atom. The van der Waals surface area contributed by atoms with Gasteiger partial charge in [-0.3, -0.25) is 4.79 Å². The molecule has 1 aliphatic rings. The van der Waals surface area contributed by atoms with Crippen LogP contribution < -0.4 is 4.74 Å². The van der Waals surface area contributed by atoms with E-state index in [-0.39, 0.29) is 18.4 Å². The van der Waals surface area contributed by atoms with Gasteiger partial charge in [0.1, 0.15) is 5.75 Å². The van der Waals surface area contributed by atoms with Crippen LogP contribution in [0.1, 0.15) is 6.92 Å². The van der Waals surface area contributed by atoms with E-state index in [9.17, 15) is 4.79 Å². The number of aliphatic hydroxyl groups is 1. The van der Waals surface area contributed by atoms with Gasteiger partial charge < -0.3 is 14.7 Å². The van der Waals surface area contributed by atoms with Crippen molar-refractivity contribution < 1.29 is 14.6 Å². The third kappa shape index (κ3) is 3.88. The van der Waals surface area contributed by atoms with Crippen molar-refractivity contribution in [2.75, 3.05) is 32.1 Å². The van der Waals surface area contributed by atoms with Crippen LogP contribution in [0.25, 0.3) is 0 Å². The Kier molecular flexibility index (Phi) is 5.10. The first-order chi connectivity index (χ1) is 9.22. The second kappa shape index (κ2) is 6.82. The molecule has 1 amide bonds. The summed E-state index contributed by atoms with van der Waals surface area (Å²) in [6, 6.07) is 7.77. The lowest BCUT2D eigenvalue weighted by atomic mass is 10.0. The van der Waals surface area contributed by atoms with Gasteiger partial charge in [0, 0.05) is 30.5 Å². The number of aliphatic hydroxyl groups excluding tert-OH is 1. The molecule has 0 saturated carbocycles. The van der Waals surface area contributed by atoms with Crippen LogP contribution in [0.3, 0.4) is 0 Å². The maximum absolute atomic E-state index is 11.8. The Balaban J connectivity index is 1.74. The van der Waals surface area contributed by atoms with Crippen LogP contribution >= 0.6 is 11.8 Å². The molecule has 0 aliphatic carbocycles. The van der Waals surface area contributed by atoms with Crippen molar-refractivity contribution in [1.82, 2.24) is 4.90 Å². The number of amides is 1.